The summed E-state index contributed by atoms with van der Waals surface area (Å²) in [6, 6.07) is 11.7. The van der Waals surface area contributed by atoms with Crippen molar-refractivity contribution in [2.24, 2.45) is 0 Å². The first-order chi connectivity index (χ1) is 10.9. The van der Waals surface area contributed by atoms with E-state index in [1.165, 1.54) is 31.6 Å². The zero-order valence-electron chi connectivity index (χ0n) is 13.1. The third kappa shape index (κ3) is 3.96. The van der Waals surface area contributed by atoms with Gasteiger partial charge in [-0.15, -0.1) is 0 Å². The minimum absolute atomic E-state index is 0.0591. The number of hydrogen-bond acceptors (Lipinski definition) is 4. The lowest BCUT2D eigenvalue weighted by Crippen LogP contribution is -2.27. The van der Waals surface area contributed by atoms with E-state index in [0.717, 1.165) is 5.56 Å². The fraction of sp³-hybridized carbons (Fsp3) is 0.250. The van der Waals surface area contributed by atoms with E-state index in [2.05, 4.69) is 0 Å². The molecule has 0 atom stereocenters. The molecule has 0 heterocycles. The first-order valence-electron chi connectivity index (χ1n) is 6.81. The summed E-state index contributed by atoms with van der Waals surface area (Å²) < 4.78 is 37.2. The maximum absolute atomic E-state index is 12.8. The summed E-state index contributed by atoms with van der Waals surface area (Å²) in [6.45, 7) is 0.198. The Labute approximate surface area is 141 Å². The minimum Gasteiger partial charge on any atom is -0.497 e. The molecule has 0 amide bonds. The van der Waals surface area contributed by atoms with Crippen LogP contribution in [0.25, 0.3) is 0 Å². The molecule has 0 aliphatic heterocycles. The van der Waals surface area contributed by atoms with Crippen molar-refractivity contribution < 1.29 is 17.9 Å². The van der Waals surface area contributed by atoms with Gasteiger partial charge in [-0.25, -0.2) is 8.42 Å². The summed E-state index contributed by atoms with van der Waals surface area (Å²) in [5.74, 6) is 0.712. The highest BCUT2D eigenvalue weighted by molar-refractivity contribution is 7.89. The highest BCUT2D eigenvalue weighted by Gasteiger charge is 2.25. The number of benzene rings is 2. The third-order valence-corrected chi connectivity index (χ3v) is 5.41. The van der Waals surface area contributed by atoms with Crippen molar-refractivity contribution in [3.8, 4) is 11.5 Å². The molecule has 124 valence electrons. The number of halogens is 1. The zero-order chi connectivity index (χ0) is 17.0. The molecule has 0 aliphatic carbocycles. The predicted molar refractivity (Wildman–Crippen MR) is 89.7 cm³/mol. The van der Waals surface area contributed by atoms with Crippen LogP contribution in [0, 0.1) is 0 Å². The molecular weight excluding hydrogens is 338 g/mol. The number of nitrogens with zero attached hydrogens (tertiary/aromatic N) is 1. The summed E-state index contributed by atoms with van der Waals surface area (Å²) in [5.41, 5.74) is 0.797. The van der Waals surface area contributed by atoms with E-state index < -0.39 is 10.0 Å². The Morgan fingerprint density at radius 2 is 1.83 bits per heavy atom. The molecule has 0 spiro atoms. The molecule has 0 saturated heterocycles. The lowest BCUT2D eigenvalue weighted by molar-refractivity contribution is 0.388. The molecule has 0 bridgehead atoms. The number of rotatable bonds is 6. The molecule has 0 N–H and O–H groups in total. The summed E-state index contributed by atoms with van der Waals surface area (Å²) >= 11 is 5.94. The third-order valence-electron chi connectivity index (χ3n) is 3.35. The van der Waals surface area contributed by atoms with Crippen LogP contribution in [0.1, 0.15) is 5.56 Å². The Kier molecular flexibility index (Phi) is 5.51. The topological polar surface area (TPSA) is 55.8 Å². The van der Waals surface area contributed by atoms with Crippen molar-refractivity contribution >= 4 is 21.6 Å². The van der Waals surface area contributed by atoms with E-state index in [9.17, 15) is 8.42 Å². The van der Waals surface area contributed by atoms with Crippen LogP contribution in [0.15, 0.2) is 47.4 Å². The van der Waals surface area contributed by atoms with E-state index in [1.807, 2.05) is 6.07 Å². The van der Waals surface area contributed by atoms with Crippen LogP contribution in [-0.4, -0.2) is 34.0 Å². The van der Waals surface area contributed by atoms with E-state index in [1.54, 1.807) is 30.3 Å². The normalized spacial score (nSPS) is 11.5. The van der Waals surface area contributed by atoms with Crippen molar-refractivity contribution in [3.63, 3.8) is 0 Å². The van der Waals surface area contributed by atoms with E-state index in [0.29, 0.717) is 10.8 Å². The number of sulfonamides is 1. The molecule has 5 nitrogen and oxygen atoms in total. The van der Waals surface area contributed by atoms with Crippen LogP contribution < -0.4 is 9.47 Å². The molecule has 0 radical (unpaired) electrons. The second-order valence-corrected chi connectivity index (χ2v) is 7.36. The quantitative estimate of drug-likeness (QED) is 0.798. The molecule has 2 aromatic carbocycles. The SMILES string of the molecule is COc1ccc(OC)c(S(=O)(=O)N(C)Cc2cccc(Cl)c2)c1. The molecule has 0 aromatic heterocycles. The Morgan fingerprint density at radius 3 is 2.43 bits per heavy atom. The fourth-order valence-electron chi connectivity index (χ4n) is 2.13. The first-order valence-corrected chi connectivity index (χ1v) is 8.63. The molecule has 0 unspecified atom stereocenters. The molecular formula is C16H18ClNO4S. The molecule has 7 heteroatoms. The maximum atomic E-state index is 12.8. The van der Waals surface area contributed by atoms with E-state index in [4.69, 9.17) is 21.1 Å². The van der Waals surface area contributed by atoms with E-state index >= 15 is 0 Å². The van der Waals surface area contributed by atoms with Gasteiger partial charge in [0.25, 0.3) is 0 Å². The van der Waals surface area contributed by atoms with Crippen LogP contribution in [0.4, 0.5) is 0 Å². The predicted octanol–water partition coefficient (Wildman–Crippen LogP) is 3.18. The van der Waals surface area contributed by atoms with Gasteiger partial charge in [0.05, 0.1) is 14.2 Å². The molecule has 0 fully saturated rings. The molecule has 2 aromatic rings. The van der Waals surface area contributed by atoms with Gasteiger partial charge >= 0.3 is 0 Å². The second kappa shape index (κ2) is 7.21. The zero-order valence-corrected chi connectivity index (χ0v) is 14.7. The number of methoxy groups -OCH3 is 2. The van der Waals surface area contributed by atoms with Gasteiger partial charge in [0, 0.05) is 24.7 Å². The smallest absolute Gasteiger partial charge is 0.246 e. The van der Waals surface area contributed by atoms with Crippen molar-refractivity contribution in [2.45, 2.75) is 11.4 Å². The average Bonchev–Trinajstić information content (AvgIpc) is 2.54. The van der Waals surface area contributed by atoms with Crippen LogP contribution in [0.3, 0.4) is 0 Å². The molecule has 2 rings (SSSR count). The van der Waals surface area contributed by atoms with E-state index in [-0.39, 0.29) is 17.2 Å². The van der Waals surface area contributed by atoms with Gasteiger partial charge in [0.15, 0.2) is 0 Å². The van der Waals surface area contributed by atoms with Gasteiger partial charge in [-0.1, -0.05) is 23.7 Å². The van der Waals surface area contributed by atoms with Crippen LogP contribution in [0.5, 0.6) is 11.5 Å². The van der Waals surface area contributed by atoms with Crippen molar-refractivity contribution in [1.82, 2.24) is 4.31 Å². The van der Waals surface area contributed by atoms with Crippen molar-refractivity contribution in [3.05, 3.63) is 53.1 Å². The highest BCUT2D eigenvalue weighted by Crippen LogP contribution is 2.30. The van der Waals surface area contributed by atoms with Crippen molar-refractivity contribution in [2.75, 3.05) is 21.3 Å². The van der Waals surface area contributed by atoms with Crippen molar-refractivity contribution in [1.29, 1.82) is 0 Å². The molecule has 0 saturated carbocycles. The Hall–Kier alpha value is -1.76. The maximum Gasteiger partial charge on any atom is 0.246 e. The number of hydrogen-bond donors (Lipinski definition) is 0. The Balaban J connectivity index is 2.37. The summed E-state index contributed by atoms with van der Waals surface area (Å²) in [5, 5.41) is 0.562. The number of ether oxygens (including phenoxy) is 2. The molecule has 0 aliphatic rings. The lowest BCUT2D eigenvalue weighted by atomic mass is 10.2. The first kappa shape index (κ1) is 17.6. The Morgan fingerprint density at radius 1 is 1.09 bits per heavy atom. The van der Waals surface area contributed by atoms with Gasteiger partial charge in [-0.2, -0.15) is 4.31 Å². The summed E-state index contributed by atoms with van der Waals surface area (Å²) in [4.78, 5) is 0.0591. The van der Waals surface area contributed by atoms with Crippen LogP contribution >= 0.6 is 11.6 Å². The van der Waals surface area contributed by atoms with Crippen LogP contribution in [-0.2, 0) is 16.6 Å². The van der Waals surface area contributed by atoms with Gasteiger partial charge in [-0.05, 0) is 29.8 Å². The monoisotopic (exact) mass is 355 g/mol. The van der Waals surface area contributed by atoms with Gasteiger partial charge in [0.1, 0.15) is 16.4 Å². The van der Waals surface area contributed by atoms with Crippen LogP contribution in [0.2, 0.25) is 5.02 Å². The summed E-state index contributed by atoms with van der Waals surface area (Å²) in [7, 11) is 0.677. The van der Waals surface area contributed by atoms with Gasteiger partial charge in [0.2, 0.25) is 10.0 Å². The Bertz CT molecular complexity index is 792. The van der Waals surface area contributed by atoms with Gasteiger partial charge in [-0.3, -0.25) is 0 Å². The fourth-order valence-corrected chi connectivity index (χ4v) is 3.67. The van der Waals surface area contributed by atoms with Gasteiger partial charge < -0.3 is 9.47 Å². The minimum atomic E-state index is -3.74. The highest BCUT2D eigenvalue weighted by atomic mass is 35.5. The average molecular weight is 356 g/mol. The largest absolute Gasteiger partial charge is 0.497 e. The molecule has 23 heavy (non-hydrogen) atoms. The lowest BCUT2D eigenvalue weighted by Gasteiger charge is -2.19. The summed E-state index contributed by atoms with van der Waals surface area (Å²) in [6.07, 6.45) is 0. The standard InChI is InChI=1S/C16H18ClNO4S/c1-18(11-12-5-4-6-13(17)9-12)23(19,20)16-10-14(21-2)7-8-15(16)22-3/h4-10H,11H2,1-3H3. The second-order valence-electron chi connectivity index (χ2n) is 4.91.